The van der Waals surface area contributed by atoms with Crippen molar-refractivity contribution in [3.05, 3.63) is 65.7 Å². The third-order valence-corrected chi connectivity index (χ3v) is 4.13. The van der Waals surface area contributed by atoms with Crippen molar-refractivity contribution in [3.8, 4) is 11.7 Å². The first-order chi connectivity index (χ1) is 13.7. The van der Waals surface area contributed by atoms with Gasteiger partial charge in [0.2, 0.25) is 5.88 Å². The van der Waals surface area contributed by atoms with Crippen molar-refractivity contribution in [3.63, 3.8) is 0 Å². The van der Waals surface area contributed by atoms with Crippen molar-refractivity contribution in [1.29, 1.82) is 0 Å². The van der Waals surface area contributed by atoms with Crippen LogP contribution in [0.3, 0.4) is 0 Å². The Hall–Kier alpha value is -3.26. The molecular weight excluding hydrogens is 358 g/mol. The summed E-state index contributed by atoms with van der Waals surface area (Å²) in [4.78, 5) is 21.3. The molecule has 0 saturated heterocycles. The SMILES string of the molecule is CCc1c(C(=O)NCc2cccnc2OCCOC)cnn1-c1ccccn1. The molecule has 0 spiro atoms. The second kappa shape index (κ2) is 9.61. The second-order valence-electron chi connectivity index (χ2n) is 5.95. The van der Waals surface area contributed by atoms with E-state index in [1.165, 1.54) is 0 Å². The molecule has 0 aliphatic rings. The van der Waals surface area contributed by atoms with Gasteiger partial charge in [-0.05, 0) is 24.6 Å². The van der Waals surface area contributed by atoms with Crippen LogP contribution in [0.5, 0.6) is 5.88 Å². The van der Waals surface area contributed by atoms with Gasteiger partial charge in [-0.3, -0.25) is 4.79 Å². The summed E-state index contributed by atoms with van der Waals surface area (Å²) in [5, 5.41) is 7.26. The van der Waals surface area contributed by atoms with Crippen LogP contribution in [0, 0.1) is 0 Å². The van der Waals surface area contributed by atoms with Gasteiger partial charge in [0.25, 0.3) is 5.91 Å². The normalized spacial score (nSPS) is 10.6. The van der Waals surface area contributed by atoms with Crippen LogP contribution in [0.1, 0.15) is 28.5 Å². The summed E-state index contributed by atoms with van der Waals surface area (Å²) in [6.07, 6.45) is 5.57. The minimum atomic E-state index is -0.203. The van der Waals surface area contributed by atoms with Crippen LogP contribution in [-0.4, -0.2) is 46.0 Å². The fourth-order valence-electron chi connectivity index (χ4n) is 2.76. The number of hydrogen-bond donors (Lipinski definition) is 1. The van der Waals surface area contributed by atoms with Crippen molar-refractivity contribution >= 4 is 5.91 Å². The first kappa shape index (κ1) is 19.5. The molecule has 3 aromatic rings. The minimum Gasteiger partial charge on any atom is -0.475 e. The fourth-order valence-corrected chi connectivity index (χ4v) is 2.76. The number of ether oxygens (including phenoxy) is 2. The lowest BCUT2D eigenvalue weighted by Crippen LogP contribution is -2.24. The van der Waals surface area contributed by atoms with E-state index in [1.54, 1.807) is 36.4 Å². The van der Waals surface area contributed by atoms with Gasteiger partial charge in [0.1, 0.15) is 6.61 Å². The first-order valence-corrected chi connectivity index (χ1v) is 9.06. The number of nitrogens with one attached hydrogen (secondary N) is 1. The van der Waals surface area contributed by atoms with Gasteiger partial charge < -0.3 is 14.8 Å². The highest BCUT2D eigenvalue weighted by molar-refractivity contribution is 5.95. The Morgan fingerprint density at radius 3 is 2.75 bits per heavy atom. The van der Waals surface area contributed by atoms with E-state index in [0.29, 0.717) is 43.4 Å². The largest absolute Gasteiger partial charge is 0.475 e. The van der Waals surface area contributed by atoms with Gasteiger partial charge in [0.15, 0.2) is 5.82 Å². The van der Waals surface area contributed by atoms with Gasteiger partial charge >= 0.3 is 0 Å². The molecule has 0 radical (unpaired) electrons. The van der Waals surface area contributed by atoms with Crippen LogP contribution < -0.4 is 10.1 Å². The molecule has 0 fully saturated rings. The Kier molecular flexibility index (Phi) is 6.69. The molecule has 146 valence electrons. The maximum atomic E-state index is 12.7. The Balaban J connectivity index is 1.72. The average Bonchev–Trinajstić information content (AvgIpc) is 3.18. The van der Waals surface area contributed by atoms with E-state index >= 15 is 0 Å². The van der Waals surface area contributed by atoms with Gasteiger partial charge in [-0.25, -0.2) is 14.6 Å². The van der Waals surface area contributed by atoms with E-state index in [4.69, 9.17) is 9.47 Å². The molecule has 0 saturated carbocycles. The molecule has 0 unspecified atom stereocenters. The highest BCUT2D eigenvalue weighted by atomic mass is 16.5. The van der Waals surface area contributed by atoms with E-state index in [-0.39, 0.29) is 5.91 Å². The summed E-state index contributed by atoms with van der Waals surface area (Å²) in [6, 6.07) is 9.25. The van der Waals surface area contributed by atoms with Crippen LogP contribution >= 0.6 is 0 Å². The fraction of sp³-hybridized carbons (Fsp3) is 0.300. The van der Waals surface area contributed by atoms with Crippen LogP contribution in [-0.2, 0) is 17.7 Å². The number of nitrogens with zero attached hydrogens (tertiary/aromatic N) is 4. The average molecular weight is 381 g/mol. The Morgan fingerprint density at radius 1 is 1.14 bits per heavy atom. The van der Waals surface area contributed by atoms with Crippen molar-refractivity contribution in [2.24, 2.45) is 0 Å². The number of rotatable bonds is 9. The maximum absolute atomic E-state index is 12.7. The predicted molar refractivity (Wildman–Crippen MR) is 104 cm³/mol. The third-order valence-electron chi connectivity index (χ3n) is 4.13. The Bertz CT molecular complexity index is 911. The molecule has 8 nitrogen and oxygen atoms in total. The molecule has 3 heterocycles. The van der Waals surface area contributed by atoms with Crippen LogP contribution in [0.25, 0.3) is 5.82 Å². The van der Waals surface area contributed by atoms with Crippen molar-refractivity contribution in [1.82, 2.24) is 25.1 Å². The number of hydrogen-bond acceptors (Lipinski definition) is 6. The molecule has 28 heavy (non-hydrogen) atoms. The number of carbonyl (C=O) groups is 1. The number of aromatic nitrogens is 4. The van der Waals surface area contributed by atoms with E-state index in [1.807, 2.05) is 31.2 Å². The van der Waals surface area contributed by atoms with Gasteiger partial charge in [-0.2, -0.15) is 5.10 Å². The molecular formula is C20H23N5O3. The molecule has 8 heteroatoms. The Labute approximate surface area is 163 Å². The van der Waals surface area contributed by atoms with Gasteiger partial charge in [-0.1, -0.05) is 19.1 Å². The van der Waals surface area contributed by atoms with Crippen molar-refractivity contribution in [2.75, 3.05) is 20.3 Å². The van der Waals surface area contributed by atoms with Crippen molar-refractivity contribution in [2.45, 2.75) is 19.9 Å². The molecule has 0 bridgehead atoms. The second-order valence-corrected chi connectivity index (χ2v) is 5.95. The lowest BCUT2D eigenvalue weighted by Gasteiger charge is -2.11. The smallest absolute Gasteiger partial charge is 0.255 e. The topological polar surface area (TPSA) is 91.2 Å². The lowest BCUT2D eigenvalue weighted by molar-refractivity contribution is 0.0949. The third kappa shape index (κ3) is 4.52. The summed E-state index contributed by atoms with van der Waals surface area (Å²) in [5.41, 5.74) is 2.12. The zero-order chi connectivity index (χ0) is 19.8. The predicted octanol–water partition coefficient (Wildman–Crippen LogP) is 2.18. The first-order valence-electron chi connectivity index (χ1n) is 9.06. The zero-order valence-electron chi connectivity index (χ0n) is 16.0. The van der Waals surface area contributed by atoms with Crippen LogP contribution in [0.4, 0.5) is 0 Å². The standard InChI is InChI=1S/C20H23N5O3/c1-3-17-16(14-24-25(17)18-8-4-5-9-21-18)19(26)23-13-15-7-6-10-22-20(15)28-12-11-27-2/h4-10,14H,3,11-13H2,1-2H3,(H,23,26). The van der Waals surface area contributed by atoms with Gasteiger partial charge in [0, 0.05) is 31.6 Å². The zero-order valence-corrected chi connectivity index (χ0v) is 16.0. The summed E-state index contributed by atoms with van der Waals surface area (Å²) in [5.74, 6) is 0.963. The summed E-state index contributed by atoms with van der Waals surface area (Å²) in [7, 11) is 1.61. The molecule has 0 atom stereocenters. The van der Waals surface area contributed by atoms with Gasteiger partial charge in [0.05, 0.1) is 24.1 Å². The molecule has 0 aliphatic carbocycles. The van der Waals surface area contributed by atoms with Crippen molar-refractivity contribution < 1.29 is 14.3 Å². The minimum absolute atomic E-state index is 0.203. The summed E-state index contributed by atoms with van der Waals surface area (Å²) < 4.78 is 12.3. The molecule has 3 aromatic heterocycles. The lowest BCUT2D eigenvalue weighted by atomic mass is 10.2. The van der Waals surface area contributed by atoms with Crippen LogP contribution in [0.2, 0.25) is 0 Å². The molecule has 1 amide bonds. The molecule has 3 rings (SSSR count). The van der Waals surface area contributed by atoms with E-state index in [2.05, 4.69) is 20.4 Å². The number of methoxy groups -OCH3 is 1. The Morgan fingerprint density at radius 2 is 2.00 bits per heavy atom. The van der Waals surface area contributed by atoms with E-state index in [0.717, 1.165) is 11.3 Å². The van der Waals surface area contributed by atoms with E-state index < -0.39 is 0 Å². The van der Waals surface area contributed by atoms with Gasteiger partial charge in [-0.15, -0.1) is 0 Å². The quantitative estimate of drug-likeness (QED) is 0.571. The molecule has 0 aromatic carbocycles. The highest BCUT2D eigenvalue weighted by Crippen LogP contribution is 2.16. The maximum Gasteiger partial charge on any atom is 0.255 e. The van der Waals surface area contributed by atoms with Crippen LogP contribution in [0.15, 0.2) is 48.9 Å². The highest BCUT2D eigenvalue weighted by Gasteiger charge is 2.18. The number of carbonyl (C=O) groups excluding carboxylic acids is 1. The molecule has 1 N–H and O–H groups in total. The monoisotopic (exact) mass is 381 g/mol. The number of pyridine rings is 2. The number of amides is 1. The summed E-state index contributed by atoms with van der Waals surface area (Å²) in [6.45, 7) is 3.14. The molecule has 0 aliphatic heterocycles. The van der Waals surface area contributed by atoms with E-state index in [9.17, 15) is 4.79 Å². The summed E-state index contributed by atoms with van der Waals surface area (Å²) >= 11 is 0.